The Bertz CT molecular complexity index is 1130. The zero-order valence-electron chi connectivity index (χ0n) is 17.5. The van der Waals surface area contributed by atoms with Crippen LogP contribution >= 0.6 is 0 Å². The topological polar surface area (TPSA) is 52.0 Å². The van der Waals surface area contributed by atoms with E-state index in [9.17, 15) is 12.8 Å². The van der Waals surface area contributed by atoms with E-state index in [2.05, 4.69) is 4.98 Å². The monoisotopic (exact) mass is 349 g/mol. The lowest BCUT2D eigenvalue weighted by Gasteiger charge is -2.10. The standard InChI is InChI=1S/C18H17FN2O2S/c1-2-6-14-11-18(16-8-3-4-9-17(16)19)21(13-14)24(22,23)15-7-5-10-20-12-15/h3-5,7-13H,2,6H2,1H3/i1D3,6D2. The minimum absolute atomic E-state index is 0.0594. The van der Waals surface area contributed by atoms with E-state index in [-0.39, 0.29) is 21.7 Å². The van der Waals surface area contributed by atoms with Crippen molar-refractivity contribution in [1.82, 2.24) is 8.96 Å². The molecule has 0 saturated carbocycles. The molecule has 0 bridgehead atoms. The molecule has 0 aliphatic carbocycles. The van der Waals surface area contributed by atoms with Crippen LogP contribution in [0.5, 0.6) is 0 Å². The first kappa shape index (κ1) is 11.1. The molecule has 0 aliphatic rings. The van der Waals surface area contributed by atoms with Gasteiger partial charge in [-0.2, -0.15) is 0 Å². The molecule has 3 rings (SSSR count). The highest BCUT2D eigenvalue weighted by atomic mass is 32.2. The second-order valence-corrected chi connectivity index (χ2v) is 6.75. The molecule has 0 atom stereocenters. The van der Waals surface area contributed by atoms with E-state index in [4.69, 9.17) is 6.85 Å². The molecule has 0 spiro atoms. The number of rotatable bonds is 5. The van der Waals surface area contributed by atoms with Crippen molar-refractivity contribution in [2.24, 2.45) is 0 Å². The Hall–Kier alpha value is -2.47. The van der Waals surface area contributed by atoms with Gasteiger partial charge in [0.2, 0.25) is 0 Å². The number of nitrogens with zero attached hydrogens (tertiary/aromatic N) is 2. The molecule has 24 heavy (non-hydrogen) atoms. The van der Waals surface area contributed by atoms with Crippen LogP contribution < -0.4 is 0 Å². The highest BCUT2D eigenvalue weighted by molar-refractivity contribution is 7.90. The Balaban J connectivity index is 2.25. The molecule has 0 saturated heterocycles. The summed E-state index contributed by atoms with van der Waals surface area (Å²) in [7, 11) is -4.24. The van der Waals surface area contributed by atoms with Crippen molar-refractivity contribution in [1.29, 1.82) is 0 Å². The highest BCUT2D eigenvalue weighted by Crippen LogP contribution is 2.29. The fourth-order valence-electron chi connectivity index (χ4n) is 2.32. The van der Waals surface area contributed by atoms with E-state index in [1.54, 1.807) is 0 Å². The largest absolute Gasteiger partial charge is 0.269 e. The molecule has 4 nitrogen and oxygen atoms in total. The number of hydrogen-bond acceptors (Lipinski definition) is 3. The van der Waals surface area contributed by atoms with Crippen LogP contribution in [0.25, 0.3) is 11.3 Å². The first-order valence-corrected chi connectivity index (χ1v) is 8.49. The van der Waals surface area contributed by atoms with Gasteiger partial charge < -0.3 is 0 Å². The Morgan fingerprint density at radius 1 is 1.29 bits per heavy atom. The third kappa shape index (κ3) is 2.97. The van der Waals surface area contributed by atoms with Crippen molar-refractivity contribution < 1.29 is 19.7 Å². The van der Waals surface area contributed by atoms with Crippen molar-refractivity contribution >= 4 is 10.0 Å². The molecule has 0 unspecified atom stereocenters. The Morgan fingerprint density at radius 2 is 2.12 bits per heavy atom. The van der Waals surface area contributed by atoms with E-state index in [0.717, 1.165) is 28.5 Å². The Kier molecular flexibility index (Phi) is 3.05. The maximum Gasteiger partial charge on any atom is 0.269 e. The third-order valence-corrected chi connectivity index (χ3v) is 5.08. The van der Waals surface area contributed by atoms with Crippen molar-refractivity contribution in [2.75, 3.05) is 0 Å². The number of hydrogen-bond donors (Lipinski definition) is 0. The molecular weight excluding hydrogens is 327 g/mol. The van der Waals surface area contributed by atoms with E-state index in [1.165, 1.54) is 36.5 Å². The normalized spacial score (nSPS) is 15.8. The van der Waals surface area contributed by atoms with Gasteiger partial charge in [0.1, 0.15) is 10.7 Å². The number of pyridine rings is 1. The van der Waals surface area contributed by atoms with Gasteiger partial charge in [0.25, 0.3) is 10.0 Å². The summed E-state index contributed by atoms with van der Waals surface area (Å²) in [5.41, 5.74) is -0.355. The molecule has 2 heterocycles. The van der Waals surface area contributed by atoms with Crippen LogP contribution in [0.1, 0.15) is 25.7 Å². The summed E-state index contributed by atoms with van der Waals surface area (Å²) in [6, 6.07) is 9.37. The van der Waals surface area contributed by atoms with E-state index >= 15 is 0 Å². The Labute approximate surface area is 147 Å². The maximum absolute atomic E-state index is 14.4. The summed E-state index contributed by atoms with van der Waals surface area (Å²) in [5, 5.41) is 0. The summed E-state index contributed by atoms with van der Waals surface area (Å²) >= 11 is 0. The van der Waals surface area contributed by atoms with E-state index in [0.29, 0.717) is 0 Å². The van der Waals surface area contributed by atoms with Gasteiger partial charge in [-0.15, -0.1) is 0 Å². The average Bonchev–Trinajstić information content (AvgIpc) is 3.08. The smallest absolute Gasteiger partial charge is 0.263 e. The second kappa shape index (κ2) is 6.57. The Morgan fingerprint density at radius 3 is 2.83 bits per heavy atom. The van der Waals surface area contributed by atoms with Gasteiger partial charge in [0, 0.05) is 31.0 Å². The number of aromatic nitrogens is 2. The van der Waals surface area contributed by atoms with Crippen molar-refractivity contribution in [2.45, 2.75) is 24.5 Å². The van der Waals surface area contributed by atoms with Crippen molar-refractivity contribution in [3.8, 4) is 11.3 Å². The number of benzene rings is 1. The van der Waals surface area contributed by atoms with Gasteiger partial charge in [-0.05, 0) is 42.3 Å². The van der Waals surface area contributed by atoms with Gasteiger partial charge in [-0.1, -0.05) is 25.4 Å². The molecule has 1 aromatic carbocycles. The van der Waals surface area contributed by atoms with Gasteiger partial charge in [-0.3, -0.25) is 4.98 Å². The first-order valence-electron chi connectivity index (χ1n) is 9.55. The van der Waals surface area contributed by atoms with Gasteiger partial charge in [0.15, 0.2) is 0 Å². The second-order valence-electron chi connectivity index (χ2n) is 4.94. The summed E-state index contributed by atoms with van der Waals surface area (Å²) in [6.07, 6.45) is 0.328. The molecule has 124 valence electrons. The predicted molar refractivity (Wildman–Crippen MR) is 90.6 cm³/mol. The zero-order chi connectivity index (χ0) is 21.4. The van der Waals surface area contributed by atoms with Crippen LogP contribution in [0.4, 0.5) is 4.39 Å². The summed E-state index contributed by atoms with van der Waals surface area (Å²) in [6.45, 7) is -2.58. The quantitative estimate of drug-likeness (QED) is 0.702. The summed E-state index contributed by atoms with van der Waals surface area (Å²) in [5.74, 6) is -0.698. The molecular formula is C18H17FN2O2S. The molecule has 0 aliphatic heterocycles. The van der Waals surface area contributed by atoms with Crippen molar-refractivity contribution in [3.63, 3.8) is 0 Å². The lowest BCUT2D eigenvalue weighted by atomic mass is 10.1. The first-order chi connectivity index (χ1) is 13.4. The molecule has 0 N–H and O–H groups in total. The molecule has 6 heteroatoms. The maximum atomic E-state index is 14.4. The van der Waals surface area contributed by atoms with Crippen molar-refractivity contribution in [3.05, 3.63) is 72.4 Å². The lowest BCUT2D eigenvalue weighted by molar-refractivity contribution is 0.587. The SMILES string of the molecule is [2H]C([2H])([2H])CC([2H])([2H])c1cc(-c2ccccc2F)n(S(=O)(=O)c2cccnc2)c1. The molecule has 0 amide bonds. The average molecular weight is 349 g/mol. The minimum Gasteiger partial charge on any atom is -0.263 e. The predicted octanol–water partition coefficient (Wildman–Crippen LogP) is 3.88. The fraction of sp³-hybridized carbons (Fsp3) is 0.167. The van der Waals surface area contributed by atoms with Crippen LogP contribution in [-0.2, 0) is 16.4 Å². The molecule has 0 fully saturated rings. The summed E-state index contributed by atoms with van der Waals surface area (Å²) < 4.78 is 79.8. The number of halogens is 1. The van der Waals surface area contributed by atoms with Crippen LogP contribution in [0.3, 0.4) is 0 Å². The van der Waals surface area contributed by atoms with Crippen LogP contribution in [0.2, 0.25) is 0 Å². The van der Waals surface area contributed by atoms with Gasteiger partial charge in [-0.25, -0.2) is 16.8 Å². The zero-order valence-corrected chi connectivity index (χ0v) is 13.3. The van der Waals surface area contributed by atoms with Crippen LogP contribution in [-0.4, -0.2) is 17.4 Å². The van der Waals surface area contributed by atoms with Crippen LogP contribution in [0.15, 0.2) is 66.0 Å². The number of aryl methyl sites for hydroxylation is 1. The van der Waals surface area contributed by atoms with E-state index in [1.807, 2.05) is 0 Å². The van der Waals surface area contributed by atoms with E-state index < -0.39 is 35.5 Å². The molecule has 2 aromatic heterocycles. The molecule has 3 aromatic rings. The lowest BCUT2D eigenvalue weighted by Crippen LogP contribution is -2.13. The van der Waals surface area contributed by atoms with Crippen LogP contribution in [0, 0.1) is 5.82 Å². The highest BCUT2D eigenvalue weighted by Gasteiger charge is 2.23. The molecule has 0 radical (unpaired) electrons. The minimum atomic E-state index is -4.24. The summed E-state index contributed by atoms with van der Waals surface area (Å²) in [4.78, 5) is 3.62. The fourth-order valence-corrected chi connectivity index (χ4v) is 3.65. The third-order valence-electron chi connectivity index (χ3n) is 3.42. The van der Waals surface area contributed by atoms with Gasteiger partial charge >= 0.3 is 0 Å². The van der Waals surface area contributed by atoms with Gasteiger partial charge in [0.05, 0.1) is 5.69 Å².